The molecule has 0 spiro atoms. The summed E-state index contributed by atoms with van der Waals surface area (Å²) >= 11 is 0. The summed E-state index contributed by atoms with van der Waals surface area (Å²) in [5.74, 6) is 1.04. The Labute approximate surface area is 196 Å². The standard InChI is InChI=1S/C26H37N3O4/c1-33-22-6-7-24-23(13-22)26(32)29-15-20(12-21(29)14-27-24)18-4-2-17(3-5-18)19-8-10-28(11-9-19)25(31)16-30/h2-5,19-24,27,30H,6-16H2,1H3/t20?,21-,22?,23?,24?/m0/s1. The molecule has 5 atom stereocenters. The van der Waals surface area contributed by atoms with Crippen LogP contribution in [0.1, 0.15) is 61.5 Å². The third-order valence-electron chi connectivity index (χ3n) is 8.63. The van der Waals surface area contributed by atoms with Crippen molar-refractivity contribution in [3.63, 3.8) is 0 Å². The first-order valence-corrected chi connectivity index (χ1v) is 12.6. The van der Waals surface area contributed by atoms with Crippen LogP contribution in [0.2, 0.25) is 0 Å². The fraction of sp³-hybridized carbons (Fsp3) is 0.692. The third kappa shape index (κ3) is 4.55. The molecule has 1 aromatic rings. The van der Waals surface area contributed by atoms with Crippen LogP contribution in [0.3, 0.4) is 0 Å². The number of hydrogen-bond donors (Lipinski definition) is 2. The molecule has 7 nitrogen and oxygen atoms in total. The molecule has 4 aliphatic rings. The van der Waals surface area contributed by atoms with Gasteiger partial charge in [-0.05, 0) is 55.6 Å². The number of aliphatic hydroxyl groups is 1. The van der Waals surface area contributed by atoms with Gasteiger partial charge in [0.15, 0.2) is 0 Å². The number of amides is 2. The number of piperidine rings is 1. The van der Waals surface area contributed by atoms with Crippen molar-refractivity contribution in [1.82, 2.24) is 15.1 Å². The lowest BCUT2D eigenvalue weighted by molar-refractivity contribution is -0.138. The highest BCUT2D eigenvalue weighted by molar-refractivity contribution is 5.81. The van der Waals surface area contributed by atoms with E-state index >= 15 is 0 Å². The number of carbonyl (C=O) groups is 2. The van der Waals surface area contributed by atoms with Gasteiger partial charge in [0.1, 0.15) is 6.61 Å². The largest absolute Gasteiger partial charge is 0.387 e. The van der Waals surface area contributed by atoms with Crippen molar-refractivity contribution in [3.05, 3.63) is 35.4 Å². The van der Waals surface area contributed by atoms with Crippen LogP contribution in [0.25, 0.3) is 0 Å². The van der Waals surface area contributed by atoms with Crippen molar-refractivity contribution < 1.29 is 19.4 Å². The summed E-state index contributed by atoms with van der Waals surface area (Å²) < 4.78 is 5.59. The Balaban J connectivity index is 1.21. The number of fused-ring (bicyclic) bond motifs is 2. The summed E-state index contributed by atoms with van der Waals surface area (Å²) in [7, 11) is 1.76. The number of aliphatic hydroxyl groups excluding tert-OH is 1. The van der Waals surface area contributed by atoms with Gasteiger partial charge in [-0.15, -0.1) is 0 Å². The molecule has 1 saturated carbocycles. The zero-order chi connectivity index (χ0) is 22.9. The van der Waals surface area contributed by atoms with Crippen molar-refractivity contribution in [3.8, 4) is 0 Å². The van der Waals surface area contributed by atoms with E-state index in [4.69, 9.17) is 9.84 Å². The molecule has 7 heteroatoms. The first-order chi connectivity index (χ1) is 16.1. The maximum absolute atomic E-state index is 13.4. The third-order valence-corrected chi connectivity index (χ3v) is 8.63. The van der Waals surface area contributed by atoms with Gasteiger partial charge >= 0.3 is 0 Å². The molecule has 33 heavy (non-hydrogen) atoms. The molecule has 0 aromatic heterocycles. The molecular formula is C26H37N3O4. The second-order valence-electron chi connectivity index (χ2n) is 10.3. The Morgan fingerprint density at radius 1 is 1.06 bits per heavy atom. The van der Waals surface area contributed by atoms with Gasteiger partial charge in [0.05, 0.1) is 12.0 Å². The predicted molar refractivity (Wildman–Crippen MR) is 125 cm³/mol. The minimum absolute atomic E-state index is 0.0402. The quantitative estimate of drug-likeness (QED) is 0.724. The average molecular weight is 456 g/mol. The van der Waals surface area contributed by atoms with Crippen LogP contribution >= 0.6 is 0 Å². The number of nitrogens with one attached hydrogen (secondary N) is 1. The summed E-state index contributed by atoms with van der Waals surface area (Å²) in [4.78, 5) is 29.1. The van der Waals surface area contributed by atoms with Gasteiger partial charge in [-0.25, -0.2) is 0 Å². The molecule has 3 saturated heterocycles. The number of carbonyl (C=O) groups excluding carboxylic acids is 2. The monoisotopic (exact) mass is 455 g/mol. The number of rotatable bonds is 4. The molecule has 4 unspecified atom stereocenters. The van der Waals surface area contributed by atoms with Gasteiger partial charge in [0, 0.05) is 51.3 Å². The van der Waals surface area contributed by atoms with Crippen LogP contribution in [0.4, 0.5) is 0 Å². The highest BCUT2D eigenvalue weighted by Crippen LogP contribution is 2.38. The van der Waals surface area contributed by atoms with E-state index in [-0.39, 0.29) is 24.0 Å². The SMILES string of the molecule is COC1CCC2NC[C@@H]3CC(c4ccc(C5CCN(C(=O)CO)CC5)cc4)CN3C(=O)C2C1. The van der Waals surface area contributed by atoms with Crippen LogP contribution in [0.15, 0.2) is 24.3 Å². The number of methoxy groups -OCH3 is 1. The predicted octanol–water partition coefficient (Wildman–Crippen LogP) is 1.86. The highest BCUT2D eigenvalue weighted by atomic mass is 16.5. The normalized spacial score (nSPS) is 32.9. The summed E-state index contributed by atoms with van der Waals surface area (Å²) in [5, 5.41) is 12.8. The maximum atomic E-state index is 13.4. The molecular weight excluding hydrogens is 418 g/mol. The zero-order valence-corrected chi connectivity index (χ0v) is 19.6. The summed E-state index contributed by atoms with van der Waals surface area (Å²) in [5.41, 5.74) is 2.65. The molecule has 1 aromatic carbocycles. The Kier molecular flexibility index (Phi) is 6.72. The summed E-state index contributed by atoms with van der Waals surface area (Å²) in [6.07, 6.45) is 5.99. The number of likely N-dealkylation sites (tertiary alicyclic amines) is 1. The average Bonchev–Trinajstić information content (AvgIpc) is 3.26. The molecule has 3 heterocycles. The summed E-state index contributed by atoms with van der Waals surface area (Å²) in [6, 6.07) is 9.56. The molecule has 2 N–H and O–H groups in total. The van der Waals surface area contributed by atoms with E-state index in [9.17, 15) is 9.59 Å². The lowest BCUT2D eigenvalue weighted by atomic mass is 9.82. The van der Waals surface area contributed by atoms with Gasteiger partial charge < -0.3 is 25.0 Å². The molecule has 180 valence electrons. The molecule has 3 aliphatic heterocycles. The Hall–Kier alpha value is -1.96. The van der Waals surface area contributed by atoms with Crippen LogP contribution in [-0.2, 0) is 14.3 Å². The van der Waals surface area contributed by atoms with Crippen LogP contribution < -0.4 is 5.32 Å². The zero-order valence-electron chi connectivity index (χ0n) is 19.6. The maximum Gasteiger partial charge on any atom is 0.248 e. The van der Waals surface area contributed by atoms with Crippen molar-refractivity contribution >= 4 is 11.8 Å². The molecule has 2 amide bonds. The van der Waals surface area contributed by atoms with Gasteiger partial charge in [-0.2, -0.15) is 0 Å². The number of benzene rings is 1. The topological polar surface area (TPSA) is 82.1 Å². The van der Waals surface area contributed by atoms with Crippen molar-refractivity contribution in [2.75, 3.05) is 39.9 Å². The minimum Gasteiger partial charge on any atom is -0.387 e. The van der Waals surface area contributed by atoms with Crippen molar-refractivity contribution in [1.29, 1.82) is 0 Å². The minimum atomic E-state index is -0.398. The van der Waals surface area contributed by atoms with Crippen molar-refractivity contribution in [2.45, 2.75) is 68.5 Å². The first-order valence-electron chi connectivity index (χ1n) is 12.6. The van der Waals surface area contributed by atoms with E-state index in [0.717, 1.165) is 51.6 Å². The summed E-state index contributed by atoms with van der Waals surface area (Å²) in [6.45, 7) is 2.74. The lowest BCUT2D eigenvalue weighted by Crippen LogP contribution is -2.46. The number of nitrogens with zero attached hydrogens (tertiary/aromatic N) is 2. The van der Waals surface area contributed by atoms with Gasteiger partial charge in [0.2, 0.25) is 11.8 Å². The van der Waals surface area contributed by atoms with E-state index in [1.54, 1.807) is 12.0 Å². The number of ether oxygens (including phenoxy) is 1. The van der Waals surface area contributed by atoms with Crippen LogP contribution in [-0.4, -0.2) is 84.8 Å². The highest BCUT2D eigenvalue weighted by Gasteiger charge is 2.45. The van der Waals surface area contributed by atoms with Gasteiger partial charge in [-0.3, -0.25) is 9.59 Å². The Morgan fingerprint density at radius 2 is 1.76 bits per heavy atom. The molecule has 0 bridgehead atoms. The molecule has 4 fully saturated rings. The van der Waals surface area contributed by atoms with E-state index in [1.165, 1.54) is 11.1 Å². The second-order valence-corrected chi connectivity index (χ2v) is 10.3. The molecule has 5 rings (SSSR count). The molecule has 0 radical (unpaired) electrons. The Bertz CT molecular complexity index is 852. The van der Waals surface area contributed by atoms with Gasteiger partial charge in [-0.1, -0.05) is 24.3 Å². The number of hydrogen-bond acceptors (Lipinski definition) is 5. The second kappa shape index (κ2) is 9.72. The van der Waals surface area contributed by atoms with E-state index in [0.29, 0.717) is 36.9 Å². The first kappa shape index (κ1) is 22.8. The van der Waals surface area contributed by atoms with E-state index in [2.05, 4.69) is 34.5 Å². The van der Waals surface area contributed by atoms with Crippen LogP contribution in [0.5, 0.6) is 0 Å². The van der Waals surface area contributed by atoms with E-state index in [1.807, 2.05) is 0 Å². The molecule has 1 aliphatic carbocycles. The smallest absolute Gasteiger partial charge is 0.248 e. The fourth-order valence-corrected chi connectivity index (χ4v) is 6.59. The van der Waals surface area contributed by atoms with Gasteiger partial charge in [0.25, 0.3) is 0 Å². The fourth-order valence-electron chi connectivity index (χ4n) is 6.59. The van der Waals surface area contributed by atoms with Crippen molar-refractivity contribution in [2.24, 2.45) is 5.92 Å². The van der Waals surface area contributed by atoms with Crippen LogP contribution in [0, 0.1) is 5.92 Å². The lowest BCUT2D eigenvalue weighted by Gasteiger charge is -2.34. The Morgan fingerprint density at radius 3 is 2.42 bits per heavy atom. The van der Waals surface area contributed by atoms with E-state index < -0.39 is 6.61 Å².